The molecule has 0 aliphatic rings. The Morgan fingerprint density at radius 1 is 1.15 bits per heavy atom. The first-order chi connectivity index (χ1) is 12.5. The number of nitrogens with one attached hydrogen (secondary N) is 2. The van der Waals surface area contributed by atoms with E-state index in [9.17, 15) is 0 Å². The molecule has 0 saturated carbocycles. The van der Waals surface area contributed by atoms with E-state index in [1.807, 2.05) is 32.0 Å². The van der Waals surface area contributed by atoms with Gasteiger partial charge in [0, 0.05) is 51.6 Å². The molecule has 0 fully saturated rings. The highest BCUT2D eigenvalue weighted by Crippen LogP contribution is 2.20. The summed E-state index contributed by atoms with van der Waals surface area (Å²) in [5, 5.41) is 6.69. The number of aromatic nitrogens is 1. The van der Waals surface area contributed by atoms with E-state index in [2.05, 4.69) is 51.8 Å². The molecule has 0 unspecified atom stereocenters. The first kappa shape index (κ1) is 19.6. The van der Waals surface area contributed by atoms with Crippen LogP contribution in [0.1, 0.15) is 23.6 Å². The lowest BCUT2D eigenvalue weighted by atomic mass is 10.1. The maximum absolute atomic E-state index is 5.74. The standard InChI is InChI=1S/C20H29N5O/c1-6-26-18-12-15(2)9-10-16(18)13-23-20(21-3)24-14-17-8-7-11-22-19(17)25(4)5/h7-12H,6,13-14H2,1-5H3,(H2,21,23,24). The fraction of sp³-hybridized carbons (Fsp3) is 0.400. The average molecular weight is 355 g/mol. The molecule has 2 N–H and O–H groups in total. The minimum Gasteiger partial charge on any atom is -0.494 e. The SMILES string of the molecule is CCOc1cc(C)ccc1CNC(=NC)NCc1cccnc1N(C)C. The molecule has 0 atom stereocenters. The number of benzene rings is 1. The second-order valence-electron chi connectivity index (χ2n) is 6.20. The predicted octanol–water partition coefficient (Wildman–Crippen LogP) is 2.72. The van der Waals surface area contributed by atoms with Gasteiger partial charge in [0.25, 0.3) is 0 Å². The van der Waals surface area contributed by atoms with Crippen molar-refractivity contribution in [3.8, 4) is 5.75 Å². The molecule has 0 aliphatic heterocycles. The lowest BCUT2D eigenvalue weighted by Gasteiger charge is -2.18. The van der Waals surface area contributed by atoms with Crippen LogP contribution in [0.15, 0.2) is 41.5 Å². The van der Waals surface area contributed by atoms with Gasteiger partial charge < -0.3 is 20.3 Å². The van der Waals surface area contributed by atoms with Crippen molar-refractivity contribution in [3.63, 3.8) is 0 Å². The number of hydrogen-bond donors (Lipinski definition) is 2. The molecule has 1 aromatic heterocycles. The normalized spacial score (nSPS) is 11.2. The van der Waals surface area contributed by atoms with Crippen LogP contribution in [0.3, 0.4) is 0 Å². The molecule has 140 valence electrons. The van der Waals surface area contributed by atoms with Crippen LogP contribution in [0.2, 0.25) is 0 Å². The van der Waals surface area contributed by atoms with Gasteiger partial charge in [0.05, 0.1) is 6.61 Å². The highest BCUT2D eigenvalue weighted by Gasteiger charge is 2.08. The molecule has 6 heteroatoms. The lowest BCUT2D eigenvalue weighted by molar-refractivity contribution is 0.336. The van der Waals surface area contributed by atoms with Crippen molar-refractivity contribution >= 4 is 11.8 Å². The zero-order chi connectivity index (χ0) is 18.9. The van der Waals surface area contributed by atoms with Crippen LogP contribution in [-0.4, -0.2) is 38.7 Å². The van der Waals surface area contributed by atoms with Crippen LogP contribution in [0.5, 0.6) is 5.75 Å². The van der Waals surface area contributed by atoms with E-state index in [1.54, 1.807) is 13.2 Å². The number of pyridine rings is 1. The van der Waals surface area contributed by atoms with Crippen LogP contribution in [-0.2, 0) is 13.1 Å². The molecule has 0 bridgehead atoms. The summed E-state index contributed by atoms with van der Waals surface area (Å²) in [6, 6.07) is 10.3. The summed E-state index contributed by atoms with van der Waals surface area (Å²) in [5.74, 6) is 2.60. The molecule has 0 saturated heterocycles. The second-order valence-corrected chi connectivity index (χ2v) is 6.20. The summed E-state index contributed by atoms with van der Waals surface area (Å²) in [7, 11) is 5.75. The molecule has 26 heavy (non-hydrogen) atoms. The Labute approximate surface area is 156 Å². The van der Waals surface area contributed by atoms with Gasteiger partial charge in [-0.2, -0.15) is 0 Å². The smallest absolute Gasteiger partial charge is 0.191 e. The molecular weight excluding hydrogens is 326 g/mol. The van der Waals surface area contributed by atoms with Crippen molar-refractivity contribution < 1.29 is 4.74 Å². The van der Waals surface area contributed by atoms with E-state index in [0.717, 1.165) is 28.7 Å². The lowest BCUT2D eigenvalue weighted by Crippen LogP contribution is -2.36. The van der Waals surface area contributed by atoms with Gasteiger partial charge in [-0.3, -0.25) is 4.99 Å². The van der Waals surface area contributed by atoms with Crippen LogP contribution in [0.4, 0.5) is 5.82 Å². The summed E-state index contributed by atoms with van der Waals surface area (Å²) in [6.45, 7) is 6.00. The molecule has 2 aromatic rings. The minimum absolute atomic E-state index is 0.642. The third-order valence-corrected chi connectivity index (χ3v) is 3.93. The van der Waals surface area contributed by atoms with Gasteiger partial charge in [0.1, 0.15) is 11.6 Å². The van der Waals surface area contributed by atoms with Gasteiger partial charge in [-0.05, 0) is 31.5 Å². The van der Waals surface area contributed by atoms with Crippen molar-refractivity contribution in [3.05, 3.63) is 53.2 Å². The van der Waals surface area contributed by atoms with E-state index >= 15 is 0 Å². The number of rotatable bonds is 7. The number of aryl methyl sites for hydroxylation is 1. The van der Waals surface area contributed by atoms with Gasteiger partial charge in [0.2, 0.25) is 0 Å². The number of ether oxygens (including phenoxy) is 1. The maximum atomic E-state index is 5.74. The van der Waals surface area contributed by atoms with Gasteiger partial charge in [-0.25, -0.2) is 4.98 Å². The van der Waals surface area contributed by atoms with Crippen LogP contribution in [0.25, 0.3) is 0 Å². The van der Waals surface area contributed by atoms with Crippen LogP contribution in [0, 0.1) is 6.92 Å². The van der Waals surface area contributed by atoms with E-state index in [4.69, 9.17) is 4.74 Å². The molecule has 0 spiro atoms. The Bertz CT molecular complexity index is 743. The third-order valence-electron chi connectivity index (χ3n) is 3.93. The summed E-state index contributed by atoms with van der Waals surface area (Å²) in [6.07, 6.45) is 1.80. The summed E-state index contributed by atoms with van der Waals surface area (Å²) in [4.78, 5) is 10.7. The van der Waals surface area contributed by atoms with Gasteiger partial charge in [-0.1, -0.05) is 18.2 Å². The van der Waals surface area contributed by atoms with E-state index < -0.39 is 0 Å². The highest BCUT2D eigenvalue weighted by molar-refractivity contribution is 5.79. The van der Waals surface area contributed by atoms with E-state index in [1.165, 1.54) is 5.56 Å². The summed E-state index contributed by atoms with van der Waals surface area (Å²) in [5.41, 5.74) is 3.41. The molecule has 1 aromatic carbocycles. The van der Waals surface area contributed by atoms with Crippen molar-refractivity contribution in [1.82, 2.24) is 15.6 Å². The first-order valence-electron chi connectivity index (χ1n) is 8.83. The molecule has 0 amide bonds. The van der Waals surface area contributed by atoms with Crippen LogP contribution < -0.4 is 20.3 Å². The number of nitrogens with zero attached hydrogens (tertiary/aromatic N) is 3. The monoisotopic (exact) mass is 355 g/mol. The van der Waals surface area contributed by atoms with Crippen LogP contribution >= 0.6 is 0 Å². The number of aliphatic imine (C=N–C) groups is 1. The van der Waals surface area contributed by atoms with Gasteiger partial charge in [-0.15, -0.1) is 0 Å². The first-order valence-corrected chi connectivity index (χ1v) is 8.83. The van der Waals surface area contributed by atoms with Crippen molar-refractivity contribution in [1.29, 1.82) is 0 Å². The molecule has 6 nitrogen and oxygen atoms in total. The molecular formula is C20H29N5O. The largest absolute Gasteiger partial charge is 0.494 e. The summed E-state index contributed by atoms with van der Waals surface area (Å²) >= 11 is 0. The van der Waals surface area contributed by atoms with E-state index in [0.29, 0.717) is 19.7 Å². The Balaban J connectivity index is 1.99. The Morgan fingerprint density at radius 3 is 2.54 bits per heavy atom. The number of guanidine groups is 1. The maximum Gasteiger partial charge on any atom is 0.191 e. The molecule has 0 aliphatic carbocycles. The zero-order valence-corrected chi connectivity index (χ0v) is 16.3. The second kappa shape index (κ2) is 9.65. The van der Waals surface area contributed by atoms with Crippen molar-refractivity contribution in [2.24, 2.45) is 4.99 Å². The fourth-order valence-electron chi connectivity index (χ4n) is 2.65. The minimum atomic E-state index is 0.642. The van der Waals surface area contributed by atoms with Crippen molar-refractivity contribution in [2.45, 2.75) is 26.9 Å². The van der Waals surface area contributed by atoms with Gasteiger partial charge in [0.15, 0.2) is 5.96 Å². The fourth-order valence-corrected chi connectivity index (χ4v) is 2.65. The van der Waals surface area contributed by atoms with Gasteiger partial charge >= 0.3 is 0 Å². The molecule has 2 rings (SSSR count). The zero-order valence-electron chi connectivity index (χ0n) is 16.3. The summed E-state index contributed by atoms with van der Waals surface area (Å²) < 4.78 is 5.74. The quantitative estimate of drug-likeness (QED) is 0.591. The molecule has 1 heterocycles. The number of anilines is 1. The predicted molar refractivity (Wildman–Crippen MR) is 108 cm³/mol. The Kier molecular flexibility index (Phi) is 7.26. The number of hydrogen-bond acceptors (Lipinski definition) is 4. The average Bonchev–Trinajstić information content (AvgIpc) is 2.63. The topological polar surface area (TPSA) is 61.8 Å². The van der Waals surface area contributed by atoms with E-state index in [-0.39, 0.29) is 0 Å². The Morgan fingerprint density at radius 2 is 1.88 bits per heavy atom. The third kappa shape index (κ3) is 5.37. The Hall–Kier alpha value is -2.76. The van der Waals surface area contributed by atoms with Crippen molar-refractivity contribution in [2.75, 3.05) is 32.6 Å². The molecule has 0 radical (unpaired) electrons. The highest BCUT2D eigenvalue weighted by atomic mass is 16.5.